The zero-order chi connectivity index (χ0) is 22.5. The van der Waals surface area contributed by atoms with Gasteiger partial charge in [-0.3, -0.25) is 14.5 Å². The Hall–Kier alpha value is -3.22. The highest BCUT2D eigenvalue weighted by Gasteiger charge is 2.60. The van der Waals surface area contributed by atoms with Gasteiger partial charge in [-0.2, -0.15) is 0 Å². The number of fused-ring (bicyclic) bond motifs is 2. The Balaban J connectivity index is 1.65. The van der Waals surface area contributed by atoms with Crippen molar-refractivity contribution < 1.29 is 9.59 Å². The predicted octanol–water partition coefficient (Wildman–Crippen LogP) is 5.33. The van der Waals surface area contributed by atoms with Crippen molar-refractivity contribution in [2.75, 3.05) is 29.2 Å². The number of rotatable bonds is 3. The molecule has 2 amide bonds. The van der Waals surface area contributed by atoms with Gasteiger partial charge in [0.15, 0.2) is 0 Å². The SMILES string of the molecule is CN(C)c1ccc(/C=C2\S[C@@]3(C(=O)Nc4ccccc43)N(c3ccc(Cl)cc3)C2=O)cc1. The molecule has 2 aliphatic rings. The van der Waals surface area contributed by atoms with Gasteiger partial charge in [-0.1, -0.05) is 53.7 Å². The summed E-state index contributed by atoms with van der Waals surface area (Å²) in [5.41, 5.74) is 4.07. The zero-order valence-corrected chi connectivity index (χ0v) is 19.1. The summed E-state index contributed by atoms with van der Waals surface area (Å²) in [6.45, 7) is 0. The van der Waals surface area contributed by atoms with E-state index in [0.717, 1.165) is 16.8 Å². The van der Waals surface area contributed by atoms with Crippen LogP contribution < -0.4 is 15.1 Å². The van der Waals surface area contributed by atoms with Gasteiger partial charge in [0, 0.05) is 41.7 Å². The number of amides is 2. The van der Waals surface area contributed by atoms with E-state index in [-0.39, 0.29) is 11.8 Å². The van der Waals surface area contributed by atoms with Crippen molar-refractivity contribution in [3.05, 3.63) is 93.9 Å². The van der Waals surface area contributed by atoms with Crippen LogP contribution in [0.4, 0.5) is 17.1 Å². The van der Waals surface area contributed by atoms with Crippen LogP contribution in [0.15, 0.2) is 77.7 Å². The molecule has 0 aromatic heterocycles. The minimum atomic E-state index is -1.21. The molecule has 3 aromatic rings. The van der Waals surface area contributed by atoms with Crippen LogP contribution in [0.2, 0.25) is 5.02 Å². The third-order valence-corrected chi connectivity index (χ3v) is 7.27. The van der Waals surface area contributed by atoms with Crippen molar-refractivity contribution in [1.82, 2.24) is 0 Å². The number of anilines is 3. The number of benzene rings is 3. The lowest BCUT2D eigenvalue weighted by Gasteiger charge is -2.31. The lowest BCUT2D eigenvalue weighted by Crippen LogP contribution is -2.47. The molecule has 5 nitrogen and oxygen atoms in total. The lowest BCUT2D eigenvalue weighted by molar-refractivity contribution is -0.121. The smallest absolute Gasteiger partial charge is 0.266 e. The third kappa shape index (κ3) is 3.18. The number of thioether (sulfide) groups is 1. The molecule has 0 unspecified atom stereocenters. The van der Waals surface area contributed by atoms with Gasteiger partial charge in [-0.15, -0.1) is 0 Å². The van der Waals surface area contributed by atoms with Gasteiger partial charge in [-0.25, -0.2) is 0 Å². The van der Waals surface area contributed by atoms with Crippen molar-refractivity contribution in [2.45, 2.75) is 4.87 Å². The second kappa shape index (κ2) is 7.73. The van der Waals surface area contributed by atoms with Crippen molar-refractivity contribution in [3.63, 3.8) is 0 Å². The van der Waals surface area contributed by atoms with E-state index in [1.165, 1.54) is 11.8 Å². The summed E-state index contributed by atoms with van der Waals surface area (Å²) < 4.78 is 0. The van der Waals surface area contributed by atoms with Gasteiger partial charge >= 0.3 is 0 Å². The van der Waals surface area contributed by atoms with E-state index in [1.54, 1.807) is 29.2 Å². The van der Waals surface area contributed by atoms with Gasteiger partial charge in [0.25, 0.3) is 11.8 Å². The molecule has 0 bridgehead atoms. The van der Waals surface area contributed by atoms with E-state index < -0.39 is 4.87 Å². The number of carbonyl (C=O) groups excluding carboxylic acids is 2. The maximum atomic E-state index is 13.7. The predicted molar refractivity (Wildman–Crippen MR) is 132 cm³/mol. The third-order valence-electron chi connectivity index (χ3n) is 5.63. The van der Waals surface area contributed by atoms with E-state index in [2.05, 4.69) is 5.32 Å². The fourth-order valence-electron chi connectivity index (χ4n) is 4.04. The standard InChI is InChI=1S/C25H20ClN3O2S/c1-28(2)18-11-7-16(8-12-18)15-22-23(30)29(19-13-9-17(26)10-14-19)25(32-22)20-5-3-4-6-21(20)27-24(25)31/h3-15H,1-2H3,(H,27,31)/b22-15-/t25-/m0/s1. The summed E-state index contributed by atoms with van der Waals surface area (Å²) in [6.07, 6.45) is 1.85. The van der Waals surface area contributed by atoms with Gasteiger partial charge in [0.1, 0.15) is 0 Å². The van der Waals surface area contributed by atoms with Crippen molar-refractivity contribution in [3.8, 4) is 0 Å². The topological polar surface area (TPSA) is 52.7 Å². The highest BCUT2D eigenvalue weighted by Crippen LogP contribution is 2.57. The Morgan fingerprint density at radius 3 is 2.34 bits per heavy atom. The monoisotopic (exact) mass is 461 g/mol. The minimum absolute atomic E-state index is 0.221. The Kier molecular flexibility index (Phi) is 4.99. The molecular weight excluding hydrogens is 442 g/mol. The van der Waals surface area contributed by atoms with Crippen LogP contribution in [0, 0.1) is 0 Å². The molecule has 0 saturated carbocycles. The maximum absolute atomic E-state index is 13.7. The zero-order valence-electron chi connectivity index (χ0n) is 17.5. The summed E-state index contributed by atoms with van der Waals surface area (Å²) in [6, 6.07) is 22.4. The number of nitrogens with zero attached hydrogens (tertiary/aromatic N) is 2. The van der Waals surface area contributed by atoms with Gasteiger partial charge in [0.2, 0.25) is 4.87 Å². The molecule has 160 valence electrons. The summed E-state index contributed by atoms with van der Waals surface area (Å²) in [5, 5.41) is 3.52. The molecule has 1 fully saturated rings. The van der Waals surface area contributed by atoms with Crippen molar-refractivity contribution in [1.29, 1.82) is 0 Å². The molecule has 1 atom stereocenters. The normalized spacial score (nSPS) is 20.7. The van der Waals surface area contributed by atoms with Gasteiger partial charge < -0.3 is 10.2 Å². The van der Waals surface area contributed by atoms with Crippen LogP contribution in [0.5, 0.6) is 0 Å². The van der Waals surface area contributed by atoms with E-state index in [0.29, 0.717) is 21.3 Å². The molecule has 3 aromatic carbocycles. The Morgan fingerprint density at radius 2 is 1.66 bits per heavy atom. The van der Waals surface area contributed by atoms with E-state index in [1.807, 2.05) is 73.6 Å². The van der Waals surface area contributed by atoms with E-state index in [9.17, 15) is 9.59 Å². The quantitative estimate of drug-likeness (QED) is 0.535. The number of hydrogen-bond acceptors (Lipinski definition) is 4. The molecule has 2 aliphatic heterocycles. The van der Waals surface area contributed by atoms with Crippen LogP contribution >= 0.6 is 23.4 Å². The summed E-state index contributed by atoms with van der Waals surface area (Å²) >= 11 is 7.36. The molecule has 2 heterocycles. The molecule has 5 rings (SSSR count). The van der Waals surface area contributed by atoms with Crippen LogP contribution in [0.25, 0.3) is 6.08 Å². The Morgan fingerprint density at radius 1 is 0.969 bits per heavy atom. The molecule has 0 radical (unpaired) electrons. The second-order valence-electron chi connectivity index (χ2n) is 7.86. The fourth-order valence-corrected chi connectivity index (χ4v) is 5.57. The first-order valence-corrected chi connectivity index (χ1v) is 11.3. The number of para-hydroxylation sites is 1. The van der Waals surface area contributed by atoms with Crippen LogP contribution in [0.3, 0.4) is 0 Å². The minimum Gasteiger partial charge on any atom is -0.378 e. The average Bonchev–Trinajstić information content (AvgIpc) is 3.23. The molecule has 32 heavy (non-hydrogen) atoms. The first kappa shape index (κ1) is 20.7. The van der Waals surface area contributed by atoms with Crippen LogP contribution in [-0.4, -0.2) is 25.9 Å². The number of hydrogen-bond donors (Lipinski definition) is 1. The number of nitrogens with one attached hydrogen (secondary N) is 1. The van der Waals surface area contributed by atoms with E-state index >= 15 is 0 Å². The molecule has 1 N–H and O–H groups in total. The van der Waals surface area contributed by atoms with Gasteiger partial charge in [0.05, 0.1) is 4.91 Å². The number of carbonyl (C=O) groups is 2. The lowest BCUT2D eigenvalue weighted by atomic mass is 10.0. The summed E-state index contributed by atoms with van der Waals surface area (Å²) in [7, 11) is 3.96. The first-order valence-electron chi connectivity index (χ1n) is 10.1. The van der Waals surface area contributed by atoms with E-state index in [4.69, 9.17) is 11.6 Å². The highest BCUT2D eigenvalue weighted by molar-refractivity contribution is 8.06. The van der Waals surface area contributed by atoms with Crippen LogP contribution in [0.1, 0.15) is 11.1 Å². The maximum Gasteiger partial charge on any atom is 0.266 e. The van der Waals surface area contributed by atoms with Gasteiger partial charge in [-0.05, 0) is 54.1 Å². The number of halogens is 1. The summed E-state index contributed by atoms with van der Waals surface area (Å²) in [5.74, 6) is -0.459. The largest absolute Gasteiger partial charge is 0.378 e. The molecule has 1 spiro atoms. The second-order valence-corrected chi connectivity index (χ2v) is 9.53. The molecule has 1 saturated heterocycles. The molecule has 0 aliphatic carbocycles. The summed E-state index contributed by atoms with van der Waals surface area (Å²) in [4.78, 5) is 30.0. The Bertz CT molecular complexity index is 1250. The fraction of sp³-hybridized carbons (Fsp3) is 0.120. The molecule has 7 heteroatoms. The average molecular weight is 462 g/mol. The van der Waals surface area contributed by atoms with Crippen molar-refractivity contribution in [2.24, 2.45) is 0 Å². The Labute approximate surface area is 195 Å². The first-order chi connectivity index (χ1) is 15.4. The van der Waals surface area contributed by atoms with Crippen molar-refractivity contribution >= 4 is 58.3 Å². The van der Waals surface area contributed by atoms with Crippen LogP contribution in [-0.2, 0) is 14.5 Å². The highest BCUT2D eigenvalue weighted by atomic mass is 35.5. The molecular formula is C25H20ClN3O2S.